The van der Waals surface area contributed by atoms with Crippen molar-refractivity contribution in [3.05, 3.63) is 77.6 Å². The van der Waals surface area contributed by atoms with Crippen molar-refractivity contribution in [1.29, 1.82) is 0 Å². The lowest BCUT2D eigenvalue weighted by Gasteiger charge is -2.09. The molecule has 1 aromatic heterocycles. The Hall–Kier alpha value is -2.59. The fourth-order valence-electron chi connectivity index (χ4n) is 2.02. The quantitative estimate of drug-likeness (QED) is 0.729. The first kappa shape index (κ1) is 14.4. The van der Waals surface area contributed by atoms with Crippen LogP contribution in [0.4, 0.5) is 17.3 Å². The highest BCUT2D eigenvalue weighted by molar-refractivity contribution is 6.30. The number of hydrogen-bond donors (Lipinski definition) is 2. The van der Waals surface area contributed by atoms with E-state index in [0.29, 0.717) is 17.4 Å². The number of hydrogen-bond acceptors (Lipinski definition) is 4. The maximum atomic E-state index is 5.97. The van der Waals surface area contributed by atoms with E-state index in [2.05, 4.69) is 32.7 Å². The monoisotopic (exact) mass is 310 g/mol. The number of halogens is 1. The molecular formula is C17H15ClN4. The van der Waals surface area contributed by atoms with Crippen LogP contribution in [-0.4, -0.2) is 9.97 Å². The van der Waals surface area contributed by atoms with Gasteiger partial charge in [-0.25, -0.2) is 9.97 Å². The predicted molar refractivity (Wildman–Crippen MR) is 90.5 cm³/mol. The molecule has 0 spiro atoms. The SMILES string of the molecule is Clc1cccc(Nc2cc(NCc3ccccc3)ncn2)c1. The summed E-state index contributed by atoms with van der Waals surface area (Å²) in [6.45, 7) is 0.717. The molecule has 0 atom stereocenters. The van der Waals surface area contributed by atoms with Gasteiger partial charge in [0.1, 0.15) is 18.0 Å². The first-order valence-electron chi connectivity index (χ1n) is 6.92. The Balaban J connectivity index is 1.67. The second-order valence-corrected chi connectivity index (χ2v) is 5.20. The van der Waals surface area contributed by atoms with Gasteiger partial charge in [-0.2, -0.15) is 0 Å². The van der Waals surface area contributed by atoms with E-state index in [1.54, 1.807) is 0 Å². The summed E-state index contributed by atoms with van der Waals surface area (Å²) in [6, 6.07) is 19.5. The van der Waals surface area contributed by atoms with Gasteiger partial charge in [0.05, 0.1) is 0 Å². The van der Waals surface area contributed by atoms with E-state index in [9.17, 15) is 0 Å². The number of rotatable bonds is 5. The maximum absolute atomic E-state index is 5.97. The molecule has 2 N–H and O–H groups in total. The maximum Gasteiger partial charge on any atom is 0.135 e. The van der Waals surface area contributed by atoms with Crippen LogP contribution in [0.3, 0.4) is 0 Å². The van der Waals surface area contributed by atoms with Crippen molar-refractivity contribution in [2.75, 3.05) is 10.6 Å². The van der Waals surface area contributed by atoms with E-state index in [0.717, 1.165) is 11.5 Å². The van der Waals surface area contributed by atoms with Gasteiger partial charge in [-0.05, 0) is 23.8 Å². The first-order valence-corrected chi connectivity index (χ1v) is 7.30. The zero-order chi connectivity index (χ0) is 15.2. The molecule has 3 rings (SSSR count). The van der Waals surface area contributed by atoms with Gasteiger partial charge in [0.25, 0.3) is 0 Å². The van der Waals surface area contributed by atoms with Gasteiger partial charge in [-0.15, -0.1) is 0 Å². The van der Waals surface area contributed by atoms with Gasteiger partial charge in [0, 0.05) is 23.3 Å². The van der Waals surface area contributed by atoms with E-state index >= 15 is 0 Å². The summed E-state index contributed by atoms with van der Waals surface area (Å²) in [4.78, 5) is 8.44. The fraction of sp³-hybridized carbons (Fsp3) is 0.0588. The second-order valence-electron chi connectivity index (χ2n) is 4.76. The molecule has 22 heavy (non-hydrogen) atoms. The first-order chi connectivity index (χ1) is 10.8. The Labute approximate surface area is 134 Å². The van der Waals surface area contributed by atoms with Crippen LogP contribution in [0, 0.1) is 0 Å². The van der Waals surface area contributed by atoms with Crippen LogP contribution in [0.1, 0.15) is 5.56 Å². The minimum atomic E-state index is 0.682. The highest BCUT2D eigenvalue weighted by Gasteiger charge is 2.00. The predicted octanol–water partition coefficient (Wildman–Crippen LogP) is 4.49. The molecule has 0 saturated carbocycles. The minimum Gasteiger partial charge on any atom is -0.366 e. The minimum absolute atomic E-state index is 0.682. The summed E-state index contributed by atoms with van der Waals surface area (Å²) >= 11 is 5.97. The Bertz CT molecular complexity index is 746. The zero-order valence-corrected chi connectivity index (χ0v) is 12.6. The van der Waals surface area contributed by atoms with E-state index in [4.69, 9.17) is 11.6 Å². The summed E-state index contributed by atoms with van der Waals surface area (Å²) in [7, 11) is 0. The van der Waals surface area contributed by atoms with Crippen molar-refractivity contribution < 1.29 is 0 Å². The van der Waals surface area contributed by atoms with Crippen LogP contribution in [-0.2, 0) is 6.54 Å². The molecule has 0 fully saturated rings. The molecule has 0 amide bonds. The lowest BCUT2D eigenvalue weighted by atomic mass is 10.2. The molecule has 0 aliphatic rings. The highest BCUT2D eigenvalue weighted by Crippen LogP contribution is 2.19. The molecule has 0 radical (unpaired) electrons. The van der Waals surface area contributed by atoms with Crippen molar-refractivity contribution in [3.63, 3.8) is 0 Å². The summed E-state index contributed by atoms with van der Waals surface area (Å²) < 4.78 is 0. The standard InChI is InChI=1S/C17H15ClN4/c18-14-7-4-8-15(9-14)22-17-10-16(20-12-21-17)19-11-13-5-2-1-3-6-13/h1-10,12H,11H2,(H2,19,20,21,22). The molecule has 0 bridgehead atoms. The smallest absolute Gasteiger partial charge is 0.135 e. The summed E-state index contributed by atoms with van der Waals surface area (Å²) in [5, 5.41) is 7.17. The molecule has 1 heterocycles. The topological polar surface area (TPSA) is 49.8 Å². The Morgan fingerprint density at radius 3 is 2.50 bits per heavy atom. The Kier molecular flexibility index (Phi) is 4.51. The lowest BCUT2D eigenvalue weighted by molar-refractivity contribution is 1.08. The van der Waals surface area contributed by atoms with Crippen molar-refractivity contribution in [3.8, 4) is 0 Å². The number of anilines is 3. The third-order valence-corrected chi connectivity index (χ3v) is 3.32. The van der Waals surface area contributed by atoms with Crippen LogP contribution in [0.15, 0.2) is 67.0 Å². The third kappa shape index (κ3) is 3.96. The normalized spacial score (nSPS) is 10.2. The van der Waals surface area contributed by atoms with Gasteiger partial charge in [0.15, 0.2) is 0 Å². The number of benzene rings is 2. The summed E-state index contributed by atoms with van der Waals surface area (Å²) in [5.41, 5.74) is 2.09. The van der Waals surface area contributed by atoms with Crippen LogP contribution < -0.4 is 10.6 Å². The van der Waals surface area contributed by atoms with Crippen molar-refractivity contribution in [2.24, 2.45) is 0 Å². The van der Waals surface area contributed by atoms with Gasteiger partial charge in [-0.1, -0.05) is 48.0 Å². The van der Waals surface area contributed by atoms with Gasteiger partial charge < -0.3 is 10.6 Å². The Morgan fingerprint density at radius 1 is 0.864 bits per heavy atom. The summed E-state index contributed by atoms with van der Waals surface area (Å²) in [6.07, 6.45) is 1.53. The molecule has 0 unspecified atom stereocenters. The molecule has 3 aromatic rings. The van der Waals surface area contributed by atoms with Crippen LogP contribution in [0.2, 0.25) is 5.02 Å². The zero-order valence-electron chi connectivity index (χ0n) is 11.8. The molecule has 0 aliphatic heterocycles. The van der Waals surface area contributed by atoms with E-state index < -0.39 is 0 Å². The second kappa shape index (κ2) is 6.91. The highest BCUT2D eigenvalue weighted by atomic mass is 35.5. The molecule has 2 aromatic carbocycles. The van der Waals surface area contributed by atoms with Gasteiger partial charge in [-0.3, -0.25) is 0 Å². The van der Waals surface area contributed by atoms with Gasteiger partial charge >= 0.3 is 0 Å². The number of aromatic nitrogens is 2. The lowest BCUT2D eigenvalue weighted by Crippen LogP contribution is -2.03. The molecule has 110 valence electrons. The fourth-order valence-corrected chi connectivity index (χ4v) is 2.22. The summed E-state index contributed by atoms with van der Waals surface area (Å²) in [5.74, 6) is 1.48. The van der Waals surface area contributed by atoms with E-state index in [1.165, 1.54) is 11.9 Å². The van der Waals surface area contributed by atoms with E-state index in [1.807, 2.05) is 48.5 Å². The van der Waals surface area contributed by atoms with Crippen molar-refractivity contribution in [1.82, 2.24) is 9.97 Å². The Morgan fingerprint density at radius 2 is 1.68 bits per heavy atom. The molecule has 4 nitrogen and oxygen atoms in total. The largest absolute Gasteiger partial charge is 0.366 e. The molecular weight excluding hydrogens is 296 g/mol. The van der Waals surface area contributed by atoms with Crippen molar-refractivity contribution in [2.45, 2.75) is 6.54 Å². The van der Waals surface area contributed by atoms with E-state index in [-0.39, 0.29) is 0 Å². The van der Waals surface area contributed by atoms with Crippen LogP contribution in [0.5, 0.6) is 0 Å². The van der Waals surface area contributed by atoms with Gasteiger partial charge in [0.2, 0.25) is 0 Å². The molecule has 0 saturated heterocycles. The number of nitrogens with zero attached hydrogens (tertiary/aromatic N) is 2. The molecule has 0 aliphatic carbocycles. The van der Waals surface area contributed by atoms with Crippen LogP contribution in [0.25, 0.3) is 0 Å². The molecule has 5 heteroatoms. The average molecular weight is 311 g/mol. The third-order valence-electron chi connectivity index (χ3n) is 3.08. The van der Waals surface area contributed by atoms with Crippen LogP contribution >= 0.6 is 11.6 Å². The average Bonchev–Trinajstić information content (AvgIpc) is 2.54. The van der Waals surface area contributed by atoms with Crippen molar-refractivity contribution >= 4 is 28.9 Å². The number of nitrogens with one attached hydrogen (secondary N) is 2.